The van der Waals surface area contributed by atoms with E-state index in [4.69, 9.17) is 5.41 Å². The summed E-state index contributed by atoms with van der Waals surface area (Å²) in [6.07, 6.45) is 7.10. The molecule has 0 rings (SSSR count). The van der Waals surface area contributed by atoms with Crippen molar-refractivity contribution in [2.24, 2.45) is 0 Å². The number of hydrogen-bond acceptors (Lipinski definition) is 1. The lowest BCUT2D eigenvalue weighted by Crippen LogP contribution is -1.81. The van der Waals surface area contributed by atoms with E-state index < -0.39 is 0 Å². The van der Waals surface area contributed by atoms with E-state index in [0.717, 1.165) is 10.9 Å². The Morgan fingerprint density at radius 2 is 2.33 bits per heavy atom. The maximum Gasteiger partial charge on any atom is 0.0298 e. The van der Waals surface area contributed by atoms with Gasteiger partial charge < -0.3 is 5.41 Å². The Morgan fingerprint density at radius 1 is 1.67 bits per heavy atom. The average Bonchev–Trinajstić information content (AvgIpc) is 1.91. The Kier molecular flexibility index (Phi) is 5.52. The summed E-state index contributed by atoms with van der Waals surface area (Å²) >= 11 is 3.25. The third-order valence-electron chi connectivity index (χ3n) is 0.842. The first-order chi connectivity index (χ1) is 4.35. The van der Waals surface area contributed by atoms with Gasteiger partial charge in [0.1, 0.15) is 0 Å². The van der Waals surface area contributed by atoms with Crippen LogP contribution in [0, 0.1) is 5.41 Å². The highest BCUT2D eigenvalue weighted by atomic mass is 79.9. The van der Waals surface area contributed by atoms with E-state index in [-0.39, 0.29) is 0 Å². The molecule has 50 valence electrons. The highest BCUT2D eigenvalue weighted by Gasteiger charge is 1.82. The molecule has 0 atom stereocenters. The van der Waals surface area contributed by atoms with Crippen LogP contribution in [0.3, 0.4) is 0 Å². The number of allylic oxidation sites excluding steroid dienone is 4. The Morgan fingerprint density at radius 3 is 2.67 bits per heavy atom. The molecular weight excluding hydrogens is 178 g/mol. The number of nitrogens with one attached hydrogen (secondary N) is 1. The van der Waals surface area contributed by atoms with E-state index >= 15 is 0 Å². The Bertz CT molecular complexity index is 136. The van der Waals surface area contributed by atoms with Gasteiger partial charge in [0, 0.05) is 11.5 Å². The topological polar surface area (TPSA) is 23.9 Å². The fourth-order valence-electron chi connectivity index (χ4n) is 0.351. The molecule has 0 bridgehead atoms. The van der Waals surface area contributed by atoms with E-state index in [2.05, 4.69) is 15.9 Å². The number of alkyl halides is 1. The number of halogens is 1. The second kappa shape index (κ2) is 5.76. The normalized spacial score (nSPS) is 12.4. The highest BCUT2D eigenvalue weighted by molar-refractivity contribution is 9.09. The summed E-state index contributed by atoms with van der Waals surface area (Å²) in [5, 5.41) is 7.63. The van der Waals surface area contributed by atoms with Crippen molar-refractivity contribution in [2.45, 2.75) is 6.92 Å². The molecule has 0 radical (unpaired) electrons. The smallest absolute Gasteiger partial charge is 0.0298 e. The molecule has 2 heteroatoms. The van der Waals surface area contributed by atoms with Gasteiger partial charge in [0.25, 0.3) is 0 Å². The molecule has 0 aliphatic carbocycles. The number of rotatable bonds is 3. The highest BCUT2D eigenvalue weighted by Crippen LogP contribution is 1.95. The van der Waals surface area contributed by atoms with Gasteiger partial charge in [0.05, 0.1) is 0 Å². The van der Waals surface area contributed by atoms with Crippen LogP contribution in [-0.2, 0) is 0 Å². The first kappa shape index (κ1) is 8.63. The third-order valence-corrected chi connectivity index (χ3v) is 1.49. The number of hydrogen-bond donors (Lipinski definition) is 1. The second-order valence-electron chi connectivity index (χ2n) is 1.55. The van der Waals surface area contributed by atoms with Gasteiger partial charge in [-0.05, 0) is 12.5 Å². The van der Waals surface area contributed by atoms with E-state index in [9.17, 15) is 0 Å². The minimum atomic E-state index is 0.751. The summed E-state index contributed by atoms with van der Waals surface area (Å²) in [6.45, 7) is 1.95. The Hall–Kier alpha value is -0.370. The van der Waals surface area contributed by atoms with Gasteiger partial charge in [-0.2, -0.15) is 0 Å². The summed E-state index contributed by atoms with van der Waals surface area (Å²) in [5.74, 6) is 0. The molecule has 0 aromatic rings. The zero-order chi connectivity index (χ0) is 7.11. The molecule has 0 aromatic carbocycles. The van der Waals surface area contributed by atoms with Crippen molar-refractivity contribution in [3.05, 3.63) is 23.8 Å². The molecule has 0 aliphatic heterocycles. The maximum atomic E-state index is 6.88. The fraction of sp³-hybridized carbons (Fsp3) is 0.286. The molecule has 0 aliphatic rings. The standard InChI is InChI=1S/C7H10BrN/c1-2-3-4-7(5-8)6-9/h2-4,6,9H,5H2,1H3/b3-2-,7-4-,9-6?. The van der Waals surface area contributed by atoms with E-state index in [1.54, 1.807) is 0 Å². The SMILES string of the molecule is C/C=C\C=C(/C=N)CBr. The van der Waals surface area contributed by atoms with E-state index in [1.165, 1.54) is 6.21 Å². The minimum Gasteiger partial charge on any atom is -0.308 e. The summed E-state index contributed by atoms with van der Waals surface area (Å²) in [7, 11) is 0. The predicted octanol–water partition coefficient (Wildman–Crippen LogP) is 2.53. The van der Waals surface area contributed by atoms with Crippen LogP contribution < -0.4 is 0 Å². The average molecular weight is 188 g/mol. The van der Waals surface area contributed by atoms with Gasteiger partial charge in [-0.15, -0.1) is 0 Å². The van der Waals surface area contributed by atoms with Crippen LogP contribution in [0.15, 0.2) is 23.8 Å². The monoisotopic (exact) mass is 187 g/mol. The van der Waals surface area contributed by atoms with Gasteiger partial charge in [-0.25, -0.2) is 0 Å². The minimum absolute atomic E-state index is 0.751. The van der Waals surface area contributed by atoms with Crippen LogP contribution in [0.2, 0.25) is 0 Å². The molecule has 0 saturated heterocycles. The lowest BCUT2D eigenvalue weighted by Gasteiger charge is -1.87. The van der Waals surface area contributed by atoms with Gasteiger partial charge in [0.15, 0.2) is 0 Å². The summed E-state index contributed by atoms with van der Waals surface area (Å²) in [4.78, 5) is 0. The van der Waals surface area contributed by atoms with Gasteiger partial charge in [0.2, 0.25) is 0 Å². The Balaban J connectivity index is 3.90. The van der Waals surface area contributed by atoms with Gasteiger partial charge in [-0.1, -0.05) is 34.2 Å². The molecule has 0 fully saturated rings. The van der Waals surface area contributed by atoms with Gasteiger partial charge >= 0.3 is 0 Å². The largest absolute Gasteiger partial charge is 0.308 e. The summed E-state index contributed by atoms with van der Waals surface area (Å²) in [5.41, 5.74) is 0.980. The van der Waals surface area contributed by atoms with Crippen LogP contribution in [0.1, 0.15) is 6.92 Å². The third kappa shape index (κ3) is 4.15. The van der Waals surface area contributed by atoms with Crippen molar-refractivity contribution in [3.8, 4) is 0 Å². The quantitative estimate of drug-likeness (QED) is 0.399. The zero-order valence-electron chi connectivity index (χ0n) is 5.39. The first-order valence-electron chi connectivity index (χ1n) is 2.73. The van der Waals surface area contributed by atoms with E-state index in [1.807, 2.05) is 25.2 Å². The Labute approximate surface area is 64.1 Å². The molecule has 1 N–H and O–H groups in total. The van der Waals surface area contributed by atoms with Crippen molar-refractivity contribution in [1.29, 1.82) is 5.41 Å². The zero-order valence-corrected chi connectivity index (χ0v) is 6.98. The second-order valence-corrected chi connectivity index (χ2v) is 2.11. The van der Waals surface area contributed by atoms with Crippen molar-refractivity contribution < 1.29 is 0 Å². The summed E-state index contributed by atoms with van der Waals surface area (Å²) < 4.78 is 0. The molecule has 1 nitrogen and oxygen atoms in total. The molecular formula is C7H10BrN. The fourth-order valence-corrected chi connectivity index (χ4v) is 0.700. The van der Waals surface area contributed by atoms with Gasteiger partial charge in [-0.3, -0.25) is 0 Å². The van der Waals surface area contributed by atoms with Crippen molar-refractivity contribution in [1.82, 2.24) is 0 Å². The first-order valence-corrected chi connectivity index (χ1v) is 3.85. The summed E-state index contributed by atoms with van der Waals surface area (Å²) in [6, 6.07) is 0. The molecule has 0 saturated carbocycles. The molecule has 0 amide bonds. The molecule has 0 heterocycles. The van der Waals surface area contributed by atoms with Crippen LogP contribution in [0.5, 0.6) is 0 Å². The van der Waals surface area contributed by atoms with Crippen molar-refractivity contribution in [3.63, 3.8) is 0 Å². The predicted molar refractivity (Wildman–Crippen MR) is 45.5 cm³/mol. The lowest BCUT2D eigenvalue weighted by molar-refractivity contribution is 1.52. The molecule has 0 aromatic heterocycles. The van der Waals surface area contributed by atoms with Crippen LogP contribution in [0.4, 0.5) is 0 Å². The van der Waals surface area contributed by atoms with Crippen LogP contribution in [-0.4, -0.2) is 11.5 Å². The molecule has 9 heavy (non-hydrogen) atoms. The maximum absolute atomic E-state index is 6.88. The molecule has 0 spiro atoms. The van der Waals surface area contributed by atoms with E-state index in [0.29, 0.717) is 0 Å². The van der Waals surface area contributed by atoms with Crippen LogP contribution >= 0.6 is 15.9 Å². The van der Waals surface area contributed by atoms with Crippen molar-refractivity contribution >= 4 is 22.1 Å². The molecule has 0 unspecified atom stereocenters. The lowest BCUT2D eigenvalue weighted by atomic mass is 10.3. The van der Waals surface area contributed by atoms with Crippen molar-refractivity contribution in [2.75, 3.05) is 5.33 Å². The van der Waals surface area contributed by atoms with Crippen LogP contribution in [0.25, 0.3) is 0 Å².